The highest BCUT2D eigenvalue weighted by molar-refractivity contribution is 5.79. The Hall–Kier alpha value is -3.18. The summed E-state index contributed by atoms with van der Waals surface area (Å²) in [5.74, 6) is 4.54. The number of nitro benzene ring substituents is 1. The summed E-state index contributed by atoms with van der Waals surface area (Å²) >= 11 is 0. The van der Waals surface area contributed by atoms with Gasteiger partial charge >= 0.3 is 5.69 Å². The average Bonchev–Trinajstić information content (AvgIpc) is 2.48. The number of hydrogen-bond donors (Lipinski definition) is 3. The molecule has 0 aliphatic heterocycles. The maximum atomic E-state index is 13.8. The van der Waals surface area contributed by atoms with Crippen molar-refractivity contribution in [3.63, 3.8) is 0 Å². The second kappa shape index (κ2) is 5.85. The summed E-state index contributed by atoms with van der Waals surface area (Å²) in [5.41, 5.74) is 2.27. The zero-order valence-corrected chi connectivity index (χ0v) is 10.6. The minimum Gasteiger partial charge on any atom is -0.347 e. The Morgan fingerprint density at radius 1 is 1.24 bits per heavy atom. The van der Waals surface area contributed by atoms with Gasteiger partial charge in [-0.05, 0) is 30.3 Å². The maximum absolute atomic E-state index is 13.8. The Balaban J connectivity index is 2.45. The largest absolute Gasteiger partial charge is 0.347 e. The van der Waals surface area contributed by atoms with E-state index in [9.17, 15) is 14.5 Å². The lowest BCUT2D eigenvalue weighted by Gasteiger charge is -2.10. The fourth-order valence-corrected chi connectivity index (χ4v) is 1.79. The Morgan fingerprint density at radius 2 is 1.95 bits per heavy atom. The Kier molecular flexibility index (Phi) is 3.97. The van der Waals surface area contributed by atoms with Crippen molar-refractivity contribution in [2.24, 2.45) is 5.84 Å². The maximum Gasteiger partial charge on any atom is 0.316 e. The van der Waals surface area contributed by atoms with E-state index in [2.05, 4.69) is 10.7 Å². The lowest BCUT2D eigenvalue weighted by molar-refractivity contribution is -0.383. The lowest BCUT2D eigenvalue weighted by Crippen LogP contribution is -2.10. The minimum absolute atomic E-state index is 0.0197. The van der Waals surface area contributed by atoms with Crippen LogP contribution in [0.3, 0.4) is 0 Å². The van der Waals surface area contributed by atoms with Gasteiger partial charge in [-0.1, -0.05) is 6.07 Å². The van der Waals surface area contributed by atoms with Gasteiger partial charge in [0.2, 0.25) is 0 Å². The molecule has 0 saturated heterocycles. The van der Waals surface area contributed by atoms with Crippen LogP contribution in [0.15, 0.2) is 36.4 Å². The molecule has 0 spiro atoms. The zero-order chi connectivity index (χ0) is 15.4. The van der Waals surface area contributed by atoms with E-state index in [4.69, 9.17) is 11.1 Å². The Labute approximate surface area is 118 Å². The van der Waals surface area contributed by atoms with Crippen molar-refractivity contribution in [1.82, 2.24) is 0 Å². The van der Waals surface area contributed by atoms with E-state index >= 15 is 0 Å². The minimum atomic E-state index is -0.686. The fraction of sp³-hybridized carbons (Fsp3) is 0. The number of hydrazine groups is 1. The standard InChI is InChI=1S/C13H10FN5O2/c14-9-6-8(7-15)4-5-10(9)17-11-2-1-3-12(18-16)13(11)19(20)21/h1-6,17-18H,16H2. The molecule has 0 heterocycles. The van der Waals surface area contributed by atoms with E-state index in [0.29, 0.717) is 0 Å². The monoisotopic (exact) mass is 287 g/mol. The van der Waals surface area contributed by atoms with Crippen LogP contribution < -0.4 is 16.6 Å². The molecule has 7 nitrogen and oxygen atoms in total. The summed E-state index contributed by atoms with van der Waals surface area (Å²) in [6, 6.07) is 9.97. The molecule has 4 N–H and O–H groups in total. The summed E-state index contributed by atoms with van der Waals surface area (Å²) < 4.78 is 13.8. The number of nitriles is 1. The molecule has 2 aromatic carbocycles. The van der Waals surface area contributed by atoms with E-state index in [0.717, 1.165) is 6.07 Å². The number of halogens is 1. The van der Waals surface area contributed by atoms with Crippen LogP contribution in [0.1, 0.15) is 5.56 Å². The van der Waals surface area contributed by atoms with E-state index in [1.165, 1.54) is 30.3 Å². The molecule has 0 aliphatic carbocycles. The van der Waals surface area contributed by atoms with Crippen molar-refractivity contribution in [2.45, 2.75) is 0 Å². The summed E-state index contributed by atoms with van der Waals surface area (Å²) in [5, 5.41) is 22.4. The summed E-state index contributed by atoms with van der Waals surface area (Å²) in [4.78, 5) is 10.5. The highest BCUT2D eigenvalue weighted by Crippen LogP contribution is 2.34. The molecule has 2 aromatic rings. The molecule has 0 aromatic heterocycles. The first-order valence-electron chi connectivity index (χ1n) is 5.77. The number of nitro groups is 1. The van der Waals surface area contributed by atoms with E-state index in [1.807, 2.05) is 0 Å². The Morgan fingerprint density at radius 3 is 2.52 bits per heavy atom. The molecular weight excluding hydrogens is 277 g/mol. The van der Waals surface area contributed by atoms with Gasteiger partial charge < -0.3 is 10.7 Å². The number of nitrogens with one attached hydrogen (secondary N) is 2. The predicted octanol–water partition coefficient (Wildman–Crippen LogP) is 2.63. The molecule has 0 bridgehead atoms. The first kappa shape index (κ1) is 14.2. The van der Waals surface area contributed by atoms with Crippen LogP contribution in [0.5, 0.6) is 0 Å². The zero-order valence-electron chi connectivity index (χ0n) is 10.6. The normalized spacial score (nSPS) is 9.76. The molecule has 0 fully saturated rings. The molecule has 0 aliphatic rings. The molecule has 106 valence electrons. The van der Waals surface area contributed by atoms with Gasteiger partial charge in [-0.2, -0.15) is 5.26 Å². The molecule has 0 unspecified atom stereocenters. The molecule has 2 rings (SSSR count). The number of hydrogen-bond acceptors (Lipinski definition) is 6. The second-order valence-corrected chi connectivity index (χ2v) is 4.03. The molecule has 0 saturated carbocycles. The van der Waals surface area contributed by atoms with Gasteiger partial charge in [-0.3, -0.25) is 16.0 Å². The van der Waals surface area contributed by atoms with Gasteiger partial charge in [0, 0.05) is 0 Å². The van der Waals surface area contributed by atoms with Crippen LogP contribution >= 0.6 is 0 Å². The lowest BCUT2D eigenvalue weighted by atomic mass is 10.2. The van der Waals surface area contributed by atoms with Gasteiger partial charge in [0.15, 0.2) is 0 Å². The topological polar surface area (TPSA) is 117 Å². The quantitative estimate of drug-likeness (QED) is 0.452. The third kappa shape index (κ3) is 2.88. The van der Waals surface area contributed by atoms with E-state index in [-0.39, 0.29) is 28.3 Å². The second-order valence-electron chi connectivity index (χ2n) is 4.03. The fourth-order valence-electron chi connectivity index (χ4n) is 1.79. The number of para-hydroxylation sites is 1. The predicted molar refractivity (Wildman–Crippen MR) is 75.3 cm³/mol. The van der Waals surface area contributed by atoms with Crippen molar-refractivity contribution in [3.8, 4) is 6.07 Å². The number of rotatable bonds is 4. The van der Waals surface area contributed by atoms with Crippen molar-refractivity contribution in [3.05, 3.63) is 57.9 Å². The molecule has 8 heteroatoms. The SMILES string of the molecule is N#Cc1ccc(Nc2cccc(NN)c2[N+](=O)[O-])c(F)c1. The number of nitrogen functional groups attached to an aromatic ring is 1. The highest BCUT2D eigenvalue weighted by Gasteiger charge is 2.20. The van der Waals surface area contributed by atoms with Crippen LogP contribution in [0.25, 0.3) is 0 Å². The van der Waals surface area contributed by atoms with Crippen LogP contribution in [-0.2, 0) is 0 Å². The van der Waals surface area contributed by atoms with Gasteiger partial charge in [0.05, 0.1) is 22.2 Å². The van der Waals surface area contributed by atoms with Gasteiger partial charge in [0.1, 0.15) is 17.2 Å². The third-order valence-corrected chi connectivity index (χ3v) is 2.74. The van der Waals surface area contributed by atoms with Crippen molar-refractivity contribution in [2.75, 3.05) is 10.7 Å². The average molecular weight is 287 g/mol. The van der Waals surface area contributed by atoms with Crippen LogP contribution in [0, 0.1) is 27.3 Å². The number of nitrogens with zero attached hydrogens (tertiary/aromatic N) is 2. The first-order chi connectivity index (χ1) is 10.1. The van der Waals surface area contributed by atoms with E-state index < -0.39 is 10.7 Å². The third-order valence-electron chi connectivity index (χ3n) is 2.74. The molecule has 0 radical (unpaired) electrons. The molecular formula is C13H10FN5O2. The van der Waals surface area contributed by atoms with Crippen LogP contribution in [0.2, 0.25) is 0 Å². The van der Waals surface area contributed by atoms with Gasteiger partial charge in [-0.25, -0.2) is 4.39 Å². The molecule has 0 amide bonds. The Bertz CT molecular complexity index is 742. The van der Waals surface area contributed by atoms with Crippen LogP contribution in [-0.4, -0.2) is 4.92 Å². The summed E-state index contributed by atoms with van der Waals surface area (Å²) in [6.45, 7) is 0. The molecule has 0 atom stereocenters. The van der Waals surface area contributed by atoms with Gasteiger partial charge in [0.25, 0.3) is 0 Å². The van der Waals surface area contributed by atoms with Crippen molar-refractivity contribution >= 4 is 22.7 Å². The van der Waals surface area contributed by atoms with Crippen molar-refractivity contribution in [1.29, 1.82) is 5.26 Å². The van der Waals surface area contributed by atoms with Crippen LogP contribution in [0.4, 0.5) is 27.1 Å². The number of anilines is 3. The van der Waals surface area contributed by atoms with Crippen molar-refractivity contribution < 1.29 is 9.31 Å². The van der Waals surface area contributed by atoms with E-state index in [1.54, 1.807) is 6.07 Å². The smallest absolute Gasteiger partial charge is 0.316 e. The first-order valence-corrected chi connectivity index (χ1v) is 5.77. The van der Waals surface area contributed by atoms with Gasteiger partial charge in [-0.15, -0.1) is 0 Å². The highest BCUT2D eigenvalue weighted by atomic mass is 19.1. The molecule has 21 heavy (non-hydrogen) atoms. The summed E-state index contributed by atoms with van der Waals surface area (Å²) in [6.07, 6.45) is 0. The number of benzene rings is 2. The number of nitrogens with two attached hydrogens (primary N) is 1. The summed E-state index contributed by atoms with van der Waals surface area (Å²) in [7, 11) is 0.